The lowest BCUT2D eigenvalue weighted by molar-refractivity contribution is -0.0589. The van der Waals surface area contributed by atoms with E-state index in [4.69, 9.17) is 21.7 Å². The Morgan fingerprint density at radius 3 is 3.05 bits per heavy atom. The van der Waals surface area contributed by atoms with E-state index in [0.717, 1.165) is 0 Å². The van der Waals surface area contributed by atoms with Crippen LogP contribution in [0, 0.1) is 4.77 Å². The first-order chi connectivity index (χ1) is 10.1. The molecule has 2 aromatic heterocycles. The van der Waals surface area contributed by atoms with Crippen LogP contribution in [-0.4, -0.2) is 61.8 Å². The largest absolute Gasteiger partial charge is 0.394 e. The number of aliphatic hydroxyl groups is 2. The Morgan fingerprint density at radius 1 is 1.62 bits per heavy atom. The highest BCUT2D eigenvalue weighted by atomic mass is 32.1. The number of H-pyrrole nitrogens is 2. The summed E-state index contributed by atoms with van der Waals surface area (Å²) in [5.41, 5.74) is 0.139. The standard InChI is InChI=1S/C11H14N4O5S/c1-19-7-6(17)4(2-16)20-10(7)15-8-5(14-11(15)21)9(18)13-3-12-8/h3-4,6-7,10,16-17H,2H2,1H3,(H,14,21)(H,12,13,18)/t4-,6-,7-,10-/m1/s1. The average Bonchev–Trinajstić information content (AvgIpc) is 2.96. The number of nitrogens with zero attached hydrogens (tertiary/aromatic N) is 2. The number of aromatic nitrogens is 4. The van der Waals surface area contributed by atoms with Crippen LogP contribution in [0.25, 0.3) is 11.2 Å². The zero-order valence-electron chi connectivity index (χ0n) is 11.0. The molecule has 0 aliphatic carbocycles. The lowest BCUT2D eigenvalue weighted by Gasteiger charge is -2.19. The van der Waals surface area contributed by atoms with Crippen LogP contribution in [0.1, 0.15) is 6.23 Å². The molecule has 2 aromatic rings. The Bertz CT molecular complexity index is 768. The second-order valence-corrected chi connectivity index (χ2v) is 5.06. The monoisotopic (exact) mass is 314 g/mol. The normalized spacial score (nSPS) is 29.3. The van der Waals surface area contributed by atoms with Crippen molar-refractivity contribution in [1.29, 1.82) is 0 Å². The first kappa shape index (κ1) is 14.4. The fourth-order valence-electron chi connectivity index (χ4n) is 2.52. The predicted octanol–water partition coefficient (Wildman–Crippen LogP) is -0.952. The number of fused-ring (bicyclic) bond motifs is 1. The van der Waals surface area contributed by atoms with Crippen LogP contribution in [0.3, 0.4) is 0 Å². The highest BCUT2D eigenvalue weighted by Gasteiger charge is 2.45. The third kappa shape index (κ3) is 2.12. The molecule has 0 bridgehead atoms. The topological polar surface area (TPSA) is 125 Å². The molecule has 3 rings (SSSR count). The molecule has 0 amide bonds. The number of hydrogen-bond acceptors (Lipinski definition) is 7. The molecule has 114 valence electrons. The van der Waals surface area contributed by atoms with Gasteiger partial charge in [0.05, 0.1) is 12.9 Å². The molecule has 1 aliphatic rings. The van der Waals surface area contributed by atoms with Gasteiger partial charge in [-0.15, -0.1) is 0 Å². The van der Waals surface area contributed by atoms with E-state index in [1.165, 1.54) is 18.0 Å². The SMILES string of the molecule is CO[C@@H]1[C@H](O)[C@@H](CO)O[C@H]1n1c(=S)[nH]c2c(=O)[nH]cnc21. The molecular formula is C11H14N4O5S. The summed E-state index contributed by atoms with van der Waals surface area (Å²) in [5.74, 6) is 0. The predicted molar refractivity (Wildman–Crippen MR) is 73.3 cm³/mol. The van der Waals surface area contributed by atoms with Gasteiger partial charge in [-0.25, -0.2) is 4.98 Å². The van der Waals surface area contributed by atoms with Crippen LogP contribution in [0.5, 0.6) is 0 Å². The van der Waals surface area contributed by atoms with Crippen molar-refractivity contribution in [3.63, 3.8) is 0 Å². The molecule has 0 unspecified atom stereocenters. The van der Waals surface area contributed by atoms with E-state index in [1.54, 1.807) is 0 Å². The number of aliphatic hydroxyl groups excluding tert-OH is 2. The van der Waals surface area contributed by atoms with Gasteiger partial charge >= 0.3 is 0 Å². The number of imidazole rings is 1. The van der Waals surface area contributed by atoms with Gasteiger partial charge in [-0.3, -0.25) is 9.36 Å². The molecule has 1 fully saturated rings. The second-order valence-electron chi connectivity index (χ2n) is 4.67. The van der Waals surface area contributed by atoms with E-state index >= 15 is 0 Å². The lowest BCUT2D eigenvalue weighted by Crippen LogP contribution is -2.34. The number of methoxy groups -OCH3 is 1. The van der Waals surface area contributed by atoms with E-state index in [0.29, 0.717) is 5.65 Å². The zero-order valence-corrected chi connectivity index (χ0v) is 11.8. The quantitative estimate of drug-likeness (QED) is 0.538. The van der Waals surface area contributed by atoms with Crippen LogP contribution in [-0.2, 0) is 9.47 Å². The molecule has 0 aromatic carbocycles. The summed E-state index contributed by atoms with van der Waals surface area (Å²) < 4.78 is 12.5. The fraction of sp³-hybridized carbons (Fsp3) is 0.545. The third-order valence-corrected chi connectivity index (χ3v) is 3.83. The molecule has 0 spiro atoms. The molecule has 1 saturated heterocycles. The van der Waals surface area contributed by atoms with Gasteiger partial charge in [0.25, 0.3) is 5.56 Å². The Hall–Kier alpha value is -1.59. The molecule has 3 heterocycles. The van der Waals surface area contributed by atoms with E-state index in [9.17, 15) is 15.0 Å². The van der Waals surface area contributed by atoms with Crippen molar-refractivity contribution in [3.8, 4) is 0 Å². The van der Waals surface area contributed by atoms with Crippen molar-refractivity contribution in [3.05, 3.63) is 21.5 Å². The average molecular weight is 314 g/mol. The van der Waals surface area contributed by atoms with E-state index in [2.05, 4.69) is 15.0 Å². The minimum Gasteiger partial charge on any atom is -0.394 e. The number of rotatable bonds is 3. The van der Waals surface area contributed by atoms with Crippen LogP contribution in [0.15, 0.2) is 11.1 Å². The van der Waals surface area contributed by atoms with Gasteiger partial charge in [0, 0.05) is 7.11 Å². The summed E-state index contributed by atoms with van der Waals surface area (Å²) in [7, 11) is 1.42. The highest BCUT2D eigenvalue weighted by Crippen LogP contribution is 2.33. The first-order valence-electron chi connectivity index (χ1n) is 6.23. The number of hydrogen-bond donors (Lipinski definition) is 4. The summed E-state index contributed by atoms with van der Waals surface area (Å²) in [5, 5.41) is 19.3. The van der Waals surface area contributed by atoms with E-state index < -0.39 is 24.5 Å². The second kappa shape index (κ2) is 5.31. The van der Waals surface area contributed by atoms with Crippen molar-refractivity contribution >= 4 is 23.4 Å². The van der Waals surface area contributed by atoms with Gasteiger partial charge in [0.15, 0.2) is 22.2 Å². The van der Waals surface area contributed by atoms with Crippen molar-refractivity contribution in [2.24, 2.45) is 0 Å². The minimum atomic E-state index is -1.01. The molecule has 1 aliphatic heterocycles. The third-order valence-electron chi connectivity index (χ3n) is 3.53. The van der Waals surface area contributed by atoms with Crippen molar-refractivity contribution < 1.29 is 19.7 Å². The van der Waals surface area contributed by atoms with E-state index in [-0.39, 0.29) is 22.5 Å². The Labute approximate surface area is 123 Å². The highest BCUT2D eigenvalue weighted by molar-refractivity contribution is 7.71. The molecule has 4 atom stereocenters. The summed E-state index contributed by atoms with van der Waals surface area (Å²) in [6, 6.07) is 0. The maximum atomic E-state index is 11.7. The maximum absolute atomic E-state index is 11.7. The van der Waals surface area contributed by atoms with Crippen LogP contribution in [0.4, 0.5) is 0 Å². The number of nitrogens with one attached hydrogen (secondary N) is 2. The smallest absolute Gasteiger partial charge is 0.276 e. The van der Waals surface area contributed by atoms with Crippen LogP contribution >= 0.6 is 12.2 Å². The van der Waals surface area contributed by atoms with Crippen molar-refractivity contribution in [1.82, 2.24) is 19.5 Å². The van der Waals surface area contributed by atoms with Gasteiger partial charge in [0.2, 0.25) is 0 Å². The Morgan fingerprint density at radius 2 is 2.38 bits per heavy atom. The van der Waals surface area contributed by atoms with Gasteiger partial charge in [-0.2, -0.15) is 0 Å². The molecule has 0 radical (unpaired) electrons. The lowest BCUT2D eigenvalue weighted by atomic mass is 10.1. The number of aromatic amines is 2. The summed E-state index contributed by atoms with van der Waals surface area (Å²) in [6.45, 7) is -0.360. The molecular weight excluding hydrogens is 300 g/mol. The molecule has 21 heavy (non-hydrogen) atoms. The Kier molecular flexibility index (Phi) is 3.63. The number of ether oxygens (including phenoxy) is 2. The first-order valence-corrected chi connectivity index (χ1v) is 6.64. The summed E-state index contributed by atoms with van der Waals surface area (Å²) in [6.07, 6.45) is -2.10. The molecule has 9 nitrogen and oxygen atoms in total. The van der Waals surface area contributed by atoms with Crippen LogP contribution in [0.2, 0.25) is 0 Å². The van der Waals surface area contributed by atoms with Crippen molar-refractivity contribution in [2.75, 3.05) is 13.7 Å². The molecule has 0 saturated carbocycles. The van der Waals surface area contributed by atoms with Gasteiger partial charge in [-0.05, 0) is 12.2 Å². The molecule has 10 heteroatoms. The zero-order chi connectivity index (χ0) is 15.1. The summed E-state index contributed by atoms with van der Waals surface area (Å²) in [4.78, 5) is 21.0. The molecule has 4 N–H and O–H groups in total. The van der Waals surface area contributed by atoms with Gasteiger partial charge in [0.1, 0.15) is 18.3 Å². The van der Waals surface area contributed by atoms with Gasteiger partial charge < -0.3 is 29.7 Å². The minimum absolute atomic E-state index is 0.211. The Balaban J connectivity index is 2.16. The van der Waals surface area contributed by atoms with E-state index in [1.807, 2.05) is 0 Å². The van der Waals surface area contributed by atoms with Gasteiger partial charge in [-0.1, -0.05) is 0 Å². The fourth-order valence-corrected chi connectivity index (χ4v) is 2.81. The summed E-state index contributed by atoms with van der Waals surface area (Å²) >= 11 is 5.20. The van der Waals surface area contributed by atoms with Crippen LogP contribution < -0.4 is 5.56 Å². The maximum Gasteiger partial charge on any atom is 0.276 e. The van der Waals surface area contributed by atoms with Crippen molar-refractivity contribution in [2.45, 2.75) is 24.5 Å².